The van der Waals surface area contributed by atoms with Crippen LogP contribution >= 0.6 is 21.6 Å². The van der Waals surface area contributed by atoms with Crippen LogP contribution in [-0.4, -0.2) is 61.5 Å². The summed E-state index contributed by atoms with van der Waals surface area (Å²) in [4.78, 5) is 24.0. The van der Waals surface area contributed by atoms with E-state index in [9.17, 15) is 9.59 Å². The maximum atomic E-state index is 12.2. The van der Waals surface area contributed by atoms with Gasteiger partial charge in [0.2, 0.25) is 5.91 Å². The molecule has 1 aromatic rings. The molecule has 0 aliphatic heterocycles. The van der Waals surface area contributed by atoms with Gasteiger partial charge in [0.25, 0.3) is 5.91 Å². The minimum absolute atomic E-state index is 0.0370. The normalized spacial score (nSPS) is 12.0. The molecule has 1 aromatic carbocycles. The predicted octanol–water partition coefficient (Wildman–Crippen LogP) is 4.52. The highest BCUT2D eigenvalue weighted by Crippen LogP contribution is 2.38. The zero-order chi connectivity index (χ0) is 26.1. The summed E-state index contributed by atoms with van der Waals surface area (Å²) in [6.45, 7) is 14.2. The molecule has 1 atom stereocenters. The van der Waals surface area contributed by atoms with E-state index in [4.69, 9.17) is 14.2 Å². The molecule has 0 aromatic heterocycles. The van der Waals surface area contributed by atoms with Crippen molar-refractivity contribution in [2.24, 2.45) is 5.92 Å². The van der Waals surface area contributed by atoms with Crippen LogP contribution in [0, 0.1) is 17.8 Å². The van der Waals surface area contributed by atoms with Crippen LogP contribution < -0.4 is 15.4 Å². The molecule has 0 fully saturated rings. The minimum atomic E-state index is -0.250. The SMILES string of the molecule is CCCNC(=O)c1cccc(OCC(OCCOCC(=O)NCC#CC(C)C)SSC(C)(C)C)c1. The third-order valence-corrected chi connectivity index (χ3v) is 7.47. The molecular formula is C26H40N2O5S2. The molecule has 0 saturated heterocycles. The highest BCUT2D eigenvalue weighted by Gasteiger charge is 2.18. The molecule has 7 nitrogen and oxygen atoms in total. The fourth-order valence-corrected chi connectivity index (χ4v) is 4.58. The molecule has 0 aliphatic carbocycles. The van der Waals surface area contributed by atoms with E-state index in [2.05, 4.69) is 43.2 Å². The fraction of sp³-hybridized carbons (Fsp3) is 0.615. The van der Waals surface area contributed by atoms with E-state index in [-0.39, 0.29) is 41.1 Å². The Hall–Kier alpha value is -1.86. The standard InChI is InChI=1S/C26H40N2O5S2/c1-7-13-28-25(30)21-11-8-12-22(17-21)33-19-24(34-35-26(4,5)6)32-16-15-31-18-23(29)27-14-9-10-20(2)3/h8,11-12,17,20,24H,7,13-16,18-19H2,1-6H3,(H,27,29)(H,28,30). The van der Waals surface area contributed by atoms with Gasteiger partial charge in [0, 0.05) is 22.8 Å². The molecule has 1 unspecified atom stereocenters. The summed E-state index contributed by atoms with van der Waals surface area (Å²) in [5.74, 6) is 6.46. The van der Waals surface area contributed by atoms with Gasteiger partial charge in [-0.1, -0.05) is 81.0 Å². The molecule has 0 bridgehead atoms. The number of rotatable bonds is 15. The first kappa shape index (κ1) is 31.2. The van der Waals surface area contributed by atoms with Crippen LogP contribution in [0.15, 0.2) is 24.3 Å². The van der Waals surface area contributed by atoms with Gasteiger partial charge in [0.1, 0.15) is 24.4 Å². The van der Waals surface area contributed by atoms with Gasteiger partial charge >= 0.3 is 0 Å². The molecule has 9 heteroatoms. The molecular weight excluding hydrogens is 484 g/mol. The Balaban J connectivity index is 2.48. The van der Waals surface area contributed by atoms with Crippen molar-refractivity contribution in [2.45, 2.75) is 58.1 Å². The first-order chi connectivity index (χ1) is 16.6. The number of nitrogens with one attached hydrogen (secondary N) is 2. The predicted molar refractivity (Wildman–Crippen MR) is 146 cm³/mol. The van der Waals surface area contributed by atoms with Crippen molar-refractivity contribution in [1.82, 2.24) is 10.6 Å². The molecule has 0 spiro atoms. The van der Waals surface area contributed by atoms with E-state index in [1.165, 1.54) is 0 Å². The summed E-state index contributed by atoms with van der Waals surface area (Å²) in [6.07, 6.45) is 0.880. The molecule has 1 rings (SSSR count). The van der Waals surface area contributed by atoms with Gasteiger partial charge in [-0.05, 0) is 24.6 Å². The summed E-state index contributed by atoms with van der Waals surface area (Å²) in [5.41, 5.74) is 0.313. The quantitative estimate of drug-likeness (QED) is 0.151. The number of ether oxygens (including phenoxy) is 3. The molecule has 35 heavy (non-hydrogen) atoms. The van der Waals surface area contributed by atoms with Crippen molar-refractivity contribution < 1.29 is 23.8 Å². The number of hydrogen-bond donors (Lipinski definition) is 2. The van der Waals surface area contributed by atoms with Crippen LogP contribution in [-0.2, 0) is 14.3 Å². The second-order valence-corrected chi connectivity index (χ2v) is 12.2. The molecule has 0 heterocycles. The number of carbonyl (C=O) groups is 2. The maximum absolute atomic E-state index is 12.2. The van der Waals surface area contributed by atoms with Gasteiger partial charge in [-0.15, -0.1) is 0 Å². The molecule has 0 aliphatic rings. The average Bonchev–Trinajstić information content (AvgIpc) is 2.80. The Bertz CT molecular complexity index is 831. The second kappa shape index (κ2) is 17.6. The van der Waals surface area contributed by atoms with Crippen LogP contribution in [0.2, 0.25) is 0 Å². The van der Waals surface area contributed by atoms with Crippen molar-refractivity contribution in [1.29, 1.82) is 0 Å². The zero-order valence-corrected chi connectivity index (χ0v) is 23.4. The van der Waals surface area contributed by atoms with E-state index in [1.54, 1.807) is 39.8 Å². The van der Waals surface area contributed by atoms with Crippen LogP contribution in [0.3, 0.4) is 0 Å². The lowest BCUT2D eigenvalue weighted by atomic mass is 10.2. The maximum Gasteiger partial charge on any atom is 0.251 e. The summed E-state index contributed by atoms with van der Waals surface area (Å²) in [7, 11) is 3.30. The van der Waals surface area contributed by atoms with E-state index >= 15 is 0 Å². The van der Waals surface area contributed by atoms with E-state index in [0.29, 0.717) is 37.6 Å². The van der Waals surface area contributed by atoms with E-state index < -0.39 is 0 Å². The monoisotopic (exact) mass is 524 g/mol. The Morgan fingerprint density at radius 1 is 1.14 bits per heavy atom. The first-order valence-corrected chi connectivity index (χ1v) is 14.1. The van der Waals surface area contributed by atoms with Gasteiger partial charge in [-0.2, -0.15) is 0 Å². The topological polar surface area (TPSA) is 85.9 Å². The van der Waals surface area contributed by atoms with Crippen molar-refractivity contribution in [3.63, 3.8) is 0 Å². The lowest BCUT2D eigenvalue weighted by molar-refractivity contribution is -0.126. The third kappa shape index (κ3) is 16.4. The molecule has 0 radical (unpaired) electrons. The zero-order valence-electron chi connectivity index (χ0n) is 21.8. The number of amides is 2. The Morgan fingerprint density at radius 2 is 1.91 bits per heavy atom. The van der Waals surface area contributed by atoms with Crippen LogP contribution in [0.1, 0.15) is 58.3 Å². The van der Waals surface area contributed by atoms with Crippen molar-refractivity contribution in [3.05, 3.63) is 29.8 Å². The Morgan fingerprint density at radius 3 is 2.60 bits per heavy atom. The van der Waals surface area contributed by atoms with Gasteiger partial charge in [-0.3, -0.25) is 9.59 Å². The van der Waals surface area contributed by atoms with Crippen LogP contribution in [0.4, 0.5) is 0 Å². The molecule has 196 valence electrons. The smallest absolute Gasteiger partial charge is 0.251 e. The fourth-order valence-electron chi connectivity index (χ4n) is 2.39. The summed E-state index contributed by atoms with van der Waals surface area (Å²) in [5, 5.41) is 5.57. The number of benzene rings is 1. The van der Waals surface area contributed by atoms with Crippen LogP contribution in [0.5, 0.6) is 5.75 Å². The van der Waals surface area contributed by atoms with E-state index in [1.807, 2.05) is 26.8 Å². The van der Waals surface area contributed by atoms with Crippen molar-refractivity contribution >= 4 is 33.4 Å². The summed E-state index contributed by atoms with van der Waals surface area (Å²) in [6, 6.07) is 7.12. The van der Waals surface area contributed by atoms with Crippen LogP contribution in [0.25, 0.3) is 0 Å². The minimum Gasteiger partial charge on any atom is -0.490 e. The molecule has 2 N–H and O–H groups in total. The highest BCUT2D eigenvalue weighted by atomic mass is 33.1. The summed E-state index contributed by atoms with van der Waals surface area (Å²) >= 11 is 0. The van der Waals surface area contributed by atoms with Gasteiger partial charge in [-0.25, -0.2) is 0 Å². The van der Waals surface area contributed by atoms with Crippen molar-refractivity contribution in [3.8, 4) is 17.6 Å². The van der Waals surface area contributed by atoms with E-state index in [0.717, 1.165) is 6.42 Å². The summed E-state index contributed by atoms with van der Waals surface area (Å²) < 4.78 is 17.4. The van der Waals surface area contributed by atoms with Gasteiger partial charge in [0.15, 0.2) is 0 Å². The Labute approximate surface area is 218 Å². The number of carbonyl (C=O) groups excluding carboxylic acids is 2. The highest BCUT2D eigenvalue weighted by molar-refractivity contribution is 8.77. The first-order valence-electron chi connectivity index (χ1n) is 11.9. The lowest BCUT2D eigenvalue weighted by Crippen LogP contribution is -2.29. The van der Waals surface area contributed by atoms with Gasteiger partial charge < -0.3 is 24.8 Å². The number of hydrogen-bond acceptors (Lipinski definition) is 7. The molecule has 0 saturated carbocycles. The average molecular weight is 525 g/mol. The van der Waals surface area contributed by atoms with Gasteiger partial charge in [0.05, 0.1) is 19.8 Å². The lowest BCUT2D eigenvalue weighted by Gasteiger charge is -2.22. The Kier molecular flexibility index (Phi) is 15.6. The second-order valence-electron chi connectivity index (χ2n) is 8.99. The third-order valence-electron chi connectivity index (χ3n) is 3.95. The molecule has 2 amide bonds. The largest absolute Gasteiger partial charge is 0.490 e. The van der Waals surface area contributed by atoms with Crippen molar-refractivity contribution in [2.75, 3.05) is 39.5 Å².